The number of aryl methyl sites for hydroxylation is 1. The smallest absolute Gasteiger partial charge is 0.305 e. The number of ether oxygens (including phenoxy) is 1. The van der Waals surface area contributed by atoms with Crippen LogP contribution in [0.15, 0.2) is 6.07 Å². The fourth-order valence-electron chi connectivity index (χ4n) is 3.51. The first-order valence-corrected chi connectivity index (χ1v) is 10.5. The average Bonchev–Trinajstić information content (AvgIpc) is 2.76. The molecule has 0 spiro atoms. The highest BCUT2D eigenvalue weighted by molar-refractivity contribution is 5.93. The number of amides is 2. The summed E-state index contributed by atoms with van der Waals surface area (Å²) in [6, 6.07) is -0.876. The summed E-state index contributed by atoms with van der Waals surface area (Å²) in [6.07, 6.45) is -0.0900. The van der Waals surface area contributed by atoms with Crippen molar-refractivity contribution in [3.63, 3.8) is 0 Å². The number of halogens is 3. The van der Waals surface area contributed by atoms with Crippen LogP contribution in [0.4, 0.5) is 13.2 Å². The van der Waals surface area contributed by atoms with Gasteiger partial charge in [-0.05, 0) is 31.4 Å². The number of aliphatic carboxylic acids is 1. The van der Waals surface area contributed by atoms with Crippen molar-refractivity contribution in [1.29, 1.82) is 0 Å². The van der Waals surface area contributed by atoms with Gasteiger partial charge < -0.3 is 20.1 Å². The molecule has 1 atom stereocenters. The Hall–Kier alpha value is -3.11. The third-order valence-corrected chi connectivity index (χ3v) is 5.41. The molecule has 0 bridgehead atoms. The van der Waals surface area contributed by atoms with Crippen molar-refractivity contribution >= 4 is 23.6 Å². The summed E-state index contributed by atoms with van der Waals surface area (Å²) in [4.78, 5) is 50.0. The lowest BCUT2D eigenvalue weighted by Gasteiger charge is -2.33. The van der Waals surface area contributed by atoms with Crippen LogP contribution in [0.3, 0.4) is 0 Å². The Morgan fingerprint density at radius 3 is 2.30 bits per heavy atom. The maximum absolute atomic E-state index is 14.1. The molecular weight excluding hydrogens is 445 g/mol. The van der Waals surface area contributed by atoms with Crippen LogP contribution in [0.25, 0.3) is 0 Å². The van der Waals surface area contributed by atoms with Crippen LogP contribution in [-0.4, -0.2) is 59.3 Å². The standard InChI is InChI=1S/C22H27F3N2O6/c1-11(2)22(32)27-6-4-13(5-7-27)21(31)26-15(9-17(29)30)16(28)10-33-20-18(24)12(3)8-14(23)19(20)25/h8,11,13,15H,4-7,9-10H2,1-3H3,(H,26,31)(H,29,30)/t15-/m0/s1. The first-order valence-electron chi connectivity index (χ1n) is 10.5. The molecule has 8 nitrogen and oxygen atoms in total. The van der Waals surface area contributed by atoms with Gasteiger partial charge in [0, 0.05) is 24.9 Å². The number of ketones is 1. The molecule has 0 aliphatic carbocycles. The Balaban J connectivity index is 2.02. The Bertz CT molecular complexity index is 903. The summed E-state index contributed by atoms with van der Waals surface area (Å²) < 4.78 is 46.2. The minimum absolute atomic E-state index is 0.0306. The van der Waals surface area contributed by atoms with Crippen LogP contribution in [0.2, 0.25) is 0 Å². The SMILES string of the molecule is Cc1cc(F)c(F)c(OCC(=O)[C@H](CC(=O)O)NC(=O)C2CCN(C(=O)C(C)C)CC2)c1F. The predicted octanol–water partition coefficient (Wildman–Crippen LogP) is 2.21. The summed E-state index contributed by atoms with van der Waals surface area (Å²) in [7, 11) is 0. The van der Waals surface area contributed by atoms with Gasteiger partial charge in [0.25, 0.3) is 0 Å². The van der Waals surface area contributed by atoms with Crippen LogP contribution in [0.5, 0.6) is 5.75 Å². The number of benzene rings is 1. The second-order valence-electron chi connectivity index (χ2n) is 8.30. The van der Waals surface area contributed by atoms with Gasteiger partial charge >= 0.3 is 5.97 Å². The number of hydrogen-bond donors (Lipinski definition) is 2. The lowest BCUT2D eigenvalue weighted by molar-refractivity contribution is -0.142. The average molecular weight is 472 g/mol. The molecule has 2 N–H and O–H groups in total. The van der Waals surface area contributed by atoms with Crippen molar-refractivity contribution in [2.24, 2.45) is 11.8 Å². The van der Waals surface area contributed by atoms with E-state index >= 15 is 0 Å². The number of hydrogen-bond acceptors (Lipinski definition) is 5. The number of Topliss-reactive ketones (excluding diaryl/α,β-unsaturated/α-hetero) is 1. The first kappa shape index (κ1) is 26.1. The molecule has 1 heterocycles. The largest absolute Gasteiger partial charge is 0.481 e. The van der Waals surface area contributed by atoms with Crippen molar-refractivity contribution in [2.45, 2.75) is 46.1 Å². The van der Waals surface area contributed by atoms with Crippen molar-refractivity contribution in [3.8, 4) is 5.75 Å². The van der Waals surface area contributed by atoms with Gasteiger partial charge in [0.2, 0.25) is 17.6 Å². The number of nitrogens with one attached hydrogen (secondary N) is 1. The maximum atomic E-state index is 14.1. The van der Waals surface area contributed by atoms with Crippen LogP contribution >= 0.6 is 0 Å². The number of carbonyl (C=O) groups excluding carboxylic acids is 3. The lowest BCUT2D eigenvalue weighted by atomic mass is 9.94. The first-order chi connectivity index (χ1) is 15.4. The van der Waals surface area contributed by atoms with Crippen LogP contribution in [-0.2, 0) is 19.2 Å². The molecule has 2 rings (SSSR count). The second kappa shape index (κ2) is 11.2. The van der Waals surface area contributed by atoms with Crippen LogP contribution in [0, 0.1) is 36.2 Å². The second-order valence-corrected chi connectivity index (χ2v) is 8.30. The van der Waals surface area contributed by atoms with E-state index in [1.165, 1.54) is 6.92 Å². The summed E-state index contributed by atoms with van der Waals surface area (Å²) >= 11 is 0. The molecule has 0 aromatic heterocycles. The van der Waals surface area contributed by atoms with E-state index in [0.29, 0.717) is 32.0 Å². The Labute approximate surface area is 189 Å². The molecule has 1 aliphatic rings. The fraction of sp³-hybridized carbons (Fsp3) is 0.545. The molecule has 1 fully saturated rings. The third kappa shape index (κ3) is 6.69. The van der Waals surface area contributed by atoms with Gasteiger partial charge in [0.1, 0.15) is 12.6 Å². The number of carboxylic acids is 1. The van der Waals surface area contributed by atoms with Crippen molar-refractivity contribution in [3.05, 3.63) is 29.1 Å². The molecule has 1 aromatic rings. The zero-order chi connectivity index (χ0) is 24.9. The van der Waals surface area contributed by atoms with E-state index in [2.05, 4.69) is 5.32 Å². The monoisotopic (exact) mass is 472 g/mol. The van der Waals surface area contributed by atoms with E-state index in [1.807, 2.05) is 0 Å². The van der Waals surface area contributed by atoms with Crippen molar-refractivity contribution in [2.75, 3.05) is 19.7 Å². The number of piperidine rings is 1. The summed E-state index contributed by atoms with van der Waals surface area (Å²) in [5.74, 6) is -8.91. The molecule has 33 heavy (non-hydrogen) atoms. The minimum Gasteiger partial charge on any atom is -0.481 e. The topological polar surface area (TPSA) is 113 Å². The zero-order valence-electron chi connectivity index (χ0n) is 18.6. The third-order valence-electron chi connectivity index (χ3n) is 5.41. The van der Waals surface area contributed by atoms with E-state index < -0.39 is 65.8 Å². The Kier molecular flexibility index (Phi) is 8.84. The van der Waals surface area contributed by atoms with E-state index in [4.69, 9.17) is 9.84 Å². The minimum atomic E-state index is -1.62. The molecule has 2 amide bonds. The maximum Gasteiger partial charge on any atom is 0.305 e. The van der Waals surface area contributed by atoms with Gasteiger partial charge in [-0.2, -0.15) is 4.39 Å². The number of rotatable bonds is 9. The zero-order valence-corrected chi connectivity index (χ0v) is 18.6. The van der Waals surface area contributed by atoms with Gasteiger partial charge in [-0.25, -0.2) is 8.78 Å². The molecule has 0 saturated carbocycles. The van der Waals surface area contributed by atoms with Crippen molar-refractivity contribution in [1.82, 2.24) is 10.2 Å². The number of carboxylic acid groups (broad SMARTS) is 1. The quantitative estimate of drug-likeness (QED) is 0.533. The molecular formula is C22H27F3N2O6. The van der Waals surface area contributed by atoms with Gasteiger partial charge in [-0.3, -0.25) is 19.2 Å². The normalized spacial score (nSPS) is 15.3. The Morgan fingerprint density at radius 1 is 1.15 bits per heavy atom. The summed E-state index contributed by atoms with van der Waals surface area (Å²) in [5, 5.41) is 11.5. The summed E-state index contributed by atoms with van der Waals surface area (Å²) in [6.45, 7) is 4.46. The van der Waals surface area contributed by atoms with Crippen LogP contribution < -0.4 is 10.1 Å². The number of nitrogens with zero attached hydrogens (tertiary/aromatic N) is 1. The van der Waals surface area contributed by atoms with E-state index in [0.717, 1.165) is 0 Å². The molecule has 182 valence electrons. The molecule has 0 radical (unpaired) electrons. The van der Waals surface area contributed by atoms with Crippen molar-refractivity contribution < 1.29 is 42.2 Å². The highest BCUT2D eigenvalue weighted by Crippen LogP contribution is 2.27. The van der Waals surface area contributed by atoms with Gasteiger partial charge in [-0.1, -0.05) is 13.8 Å². The van der Waals surface area contributed by atoms with Gasteiger partial charge in [-0.15, -0.1) is 0 Å². The fourth-order valence-corrected chi connectivity index (χ4v) is 3.51. The van der Waals surface area contributed by atoms with E-state index in [1.54, 1.807) is 18.7 Å². The lowest BCUT2D eigenvalue weighted by Crippen LogP contribution is -2.49. The highest BCUT2D eigenvalue weighted by atomic mass is 19.2. The number of likely N-dealkylation sites (tertiary alicyclic amines) is 1. The highest BCUT2D eigenvalue weighted by Gasteiger charge is 2.32. The van der Waals surface area contributed by atoms with E-state index in [9.17, 15) is 32.3 Å². The molecule has 1 aromatic carbocycles. The molecule has 1 saturated heterocycles. The number of carbonyl (C=O) groups is 4. The predicted molar refractivity (Wildman–Crippen MR) is 110 cm³/mol. The van der Waals surface area contributed by atoms with E-state index in [-0.39, 0.29) is 17.4 Å². The molecule has 11 heteroatoms. The summed E-state index contributed by atoms with van der Waals surface area (Å²) in [5.41, 5.74) is -0.242. The molecule has 1 aliphatic heterocycles. The van der Waals surface area contributed by atoms with Crippen LogP contribution in [0.1, 0.15) is 38.7 Å². The van der Waals surface area contributed by atoms with Gasteiger partial charge in [0.15, 0.2) is 23.2 Å². The van der Waals surface area contributed by atoms with Gasteiger partial charge in [0.05, 0.1) is 6.42 Å². The molecule has 0 unspecified atom stereocenters. The Morgan fingerprint density at radius 2 is 1.76 bits per heavy atom.